The van der Waals surface area contributed by atoms with Gasteiger partial charge in [0, 0.05) is 13.0 Å². The van der Waals surface area contributed by atoms with Crippen LogP contribution in [0, 0.1) is 11.8 Å². The van der Waals surface area contributed by atoms with Crippen LogP contribution in [0.1, 0.15) is 38.2 Å². The third-order valence-electron chi connectivity index (χ3n) is 4.41. The summed E-state index contributed by atoms with van der Waals surface area (Å²) in [6.45, 7) is 2.44. The van der Waals surface area contributed by atoms with Gasteiger partial charge in [-0.1, -0.05) is 30.3 Å². The monoisotopic (exact) mass is 319 g/mol. The van der Waals surface area contributed by atoms with E-state index in [9.17, 15) is 9.59 Å². The average Bonchev–Trinajstić information content (AvgIpc) is 2.54. The Morgan fingerprint density at radius 2 is 1.87 bits per heavy atom. The van der Waals surface area contributed by atoms with Gasteiger partial charge >= 0.3 is 12.1 Å². The molecular weight excluding hydrogens is 294 g/mol. The molecule has 5 nitrogen and oxygen atoms in total. The molecule has 1 saturated carbocycles. The molecule has 1 fully saturated rings. The Morgan fingerprint density at radius 3 is 2.48 bits per heavy atom. The van der Waals surface area contributed by atoms with Gasteiger partial charge in [0.05, 0.1) is 5.92 Å². The molecule has 0 heterocycles. The summed E-state index contributed by atoms with van der Waals surface area (Å²) >= 11 is 0. The molecule has 0 saturated heterocycles. The minimum Gasteiger partial charge on any atom is -0.481 e. The van der Waals surface area contributed by atoms with Crippen molar-refractivity contribution < 1.29 is 19.4 Å². The minimum absolute atomic E-state index is 0.180. The summed E-state index contributed by atoms with van der Waals surface area (Å²) in [4.78, 5) is 22.7. The van der Waals surface area contributed by atoms with Crippen LogP contribution in [0.5, 0.6) is 0 Å². The van der Waals surface area contributed by atoms with Crippen LogP contribution in [-0.4, -0.2) is 29.8 Å². The van der Waals surface area contributed by atoms with Crippen molar-refractivity contribution in [2.45, 2.75) is 45.1 Å². The predicted octanol–water partition coefficient (Wildman–Crippen LogP) is 3.23. The Kier molecular flexibility index (Phi) is 6.44. The fourth-order valence-electron chi connectivity index (χ4n) is 3.05. The molecule has 1 aliphatic carbocycles. The van der Waals surface area contributed by atoms with Gasteiger partial charge in [-0.2, -0.15) is 0 Å². The average molecular weight is 319 g/mol. The van der Waals surface area contributed by atoms with E-state index in [0.29, 0.717) is 31.7 Å². The summed E-state index contributed by atoms with van der Waals surface area (Å²) in [5.74, 6) is -0.572. The highest BCUT2D eigenvalue weighted by atomic mass is 16.6. The van der Waals surface area contributed by atoms with Crippen molar-refractivity contribution in [1.29, 1.82) is 0 Å². The lowest BCUT2D eigenvalue weighted by Crippen LogP contribution is -2.34. The third-order valence-corrected chi connectivity index (χ3v) is 4.41. The molecule has 0 bridgehead atoms. The van der Waals surface area contributed by atoms with Crippen molar-refractivity contribution in [1.82, 2.24) is 5.32 Å². The van der Waals surface area contributed by atoms with E-state index in [4.69, 9.17) is 9.84 Å². The fraction of sp³-hybridized carbons (Fsp3) is 0.556. The number of carbonyl (C=O) groups excluding carboxylic acids is 1. The van der Waals surface area contributed by atoms with Crippen LogP contribution in [0.2, 0.25) is 0 Å². The van der Waals surface area contributed by atoms with E-state index in [1.165, 1.54) is 0 Å². The second kappa shape index (κ2) is 8.56. The highest BCUT2D eigenvalue weighted by Gasteiger charge is 2.26. The number of rotatable bonds is 6. The summed E-state index contributed by atoms with van der Waals surface area (Å²) in [6, 6.07) is 9.92. The number of ether oxygens (including phenoxy) is 1. The maximum Gasteiger partial charge on any atom is 0.407 e. The zero-order chi connectivity index (χ0) is 16.7. The van der Waals surface area contributed by atoms with Gasteiger partial charge in [-0.05, 0) is 44.1 Å². The number of benzene rings is 1. The van der Waals surface area contributed by atoms with Crippen LogP contribution in [0.15, 0.2) is 30.3 Å². The molecule has 2 rings (SSSR count). The Labute approximate surface area is 137 Å². The van der Waals surface area contributed by atoms with Crippen molar-refractivity contribution in [3.63, 3.8) is 0 Å². The van der Waals surface area contributed by atoms with Crippen molar-refractivity contribution in [3.05, 3.63) is 35.9 Å². The summed E-state index contributed by atoms with van der Waals surface area (Å²) < 4.78 is 5.36. The summed E-state index contributed by atoms with van der Waals surface area (Å²) in [5.41, 5.74) is 1.14. The van der Waals surface area contributed by atoms with E-state index < -0.39 is 12.1 Å². The van der Waals surface area contributed by atoms with Crippen molar-refractivity contribution in [3.8, 4) is 0 Å². The van der Waals surface area contributed by atoms with Crippen LogP contribution in [0.4, 0.5) is 4.79 Å². The van der Waals surface area contributed by atoms with Crippen LogP contribution < -0.4 is 5.32 Å². The molecule has 5 heteroatoms. The SMILES string of the molecule is CC(Cc1ccccc1)OC(=O)NCC1CCC(C(=O)O)CC1. The lowest BCUT2D eigenvalue weighted by molar-refractivity contribution is -0.143. The summed E-state index contributed by atoms with van der Waals surface area (Å²) in [7, 11) is 0. The Morgan fingerprint density at radius 1 is 1.22 bits per heavy atom. The first kappa shape index (κ1) is 17.3. The van der Waals surface area contributed by atoms with E-state index in [-0.39, 0.29) is 12.0 Å². The predicted molar refractivity (Wildman–Crippen MR) is 87.2 cm³/mol. The van der Waals surface area contributed by atoms with Gasteiger partial charge < -0.3 is 15.2 Å². The molecule has 2 N–H and O–H groups in total. The molecule has 23 heavy (non-hydrogen) atoms. The van der Waals surface area contributed by atoms with Crippen LogP contribution in [0.25, 0.3) is 0 Å². The lowest BCUT2D eigenvalue weighted by atomic mass is 9.82. The minimum atomic E-state index is -0.703. The topological polar surface area (TPSA) is 75.6 Å². The quantitative estimate of drug-likeness (QED) is 0.844. The van der Waals surface area contributed by atoms with E-state index >= 15 is 0 Å². The van der Waals surface area contributed by atoms with E-state index in [0.717, 1.165) is 18.4 Å². The first-order valence-electron chi connectivity index (χ1n) is 8.25. The molecule has 0 aliphatic heterocycles. The van der Waals surface area contributed by atoms with Gasteiger partial charge in [-0.25, -0.2) is 4.79 Å². The number of carboxylic acids is 1. The number of carboxylic acid groups (broad SMARTS) is 1. The fourth-order valence-corrected chi connectivity index (χ4v) is 3.05. The van der Waals surface area contributed by atoms with Gasteiger partial charge in [0.2, 0.25) is 0 Å². The summed E-state index contributed by atoms with van der Waals surface area (Å²) in [5, 5.41) is 11.8. The van der Waals surface area contributed by atoms with Gasteiger partial charge in [0.1, 0.15) is 6.10 Å². The lowest BCUT2D eigenvalue weighted by Gasteiger charge is -2.26. The number of hydrogen-bond acceptors (Lipinski definition) is 3. The van der Waals surface area contributed by atoms with E-state index in [1.807, 2.05) is 37.3 Å². The maximum atomic E-state index is 11.8. The Hall–Kier alpha value is -2.04. The second-order valence-corrected chi connectivity index (χ2v) is 6.34. The van der Waals surface area contributed by atoms with E-state index in [1.54, 1.807) is 0 Å². The van der Waals surface area contributed by atoms with E-state index in [2.05, 4.69) is 5.32 Å². The van der Waals surface area contributed by atoms with Crippen LogP contribution in [-0.2, 0) is 16.0 Å². The normalized spacial score (nSPS) is 22.1. The molecule has 0 aromatic heterocycles. The molecule has 1 aliphatic rings. The molecule has 1 amide bonds. The number of carbonyl (C=O) groups is 2. The molecular formula is C18H25NO4. The smallest absolute Gasteiger partial charge is 0.407 e. The van der Waals surface area contributed by atoms with Gasteiger partial charge in [0.25, 0.3) is 0 Å². The third kappa shape index (κ3) is 5.93. The Balaban J connectivity index is 1.64. The highest BCUT2D eigenvalue weighted by Crippen LogP contribution is 2.28. The number of nitrogens with one attached hydrogen (secondary N) is 1. The number of aliphatic carboxylic acids is 1. The Bertz CT molecular complexity index is 509. The molecule has 1 atom stereocenters. The molecule has 1 aromatic rings. The largest absolute Gasteiger partial charge is 0.481 e. The molecule has 0 radical (unpaired) electrons. The standard InChI is InChI=1S/C18H25NO4/c1-13(11-14-5-3-2-4-6-14)23-18(22)19-12-15-7-9-16(10-8-15)17(20)21/h2-6,13,15-16H,7-12H2,1H3,(H,19,22)(H,20,21). The van der Waals surface area contributed by atoms with Crippen LogP contribution >= 0.6 is 0 Å². The summed E-state index contributed by atoms with van der Waals surface area (Å²) in [6.07, 6.45) is 3.20. The van der Waals surface area contributed by atoms with Crippen molar-refractivity contribution in [2.75, 3.05) is 6.54 Å². The van der Waals surface area contributed by atoms with Crippen LogP contribution in [0.3, 0.4) is 0 Å². The zero-order valence-corrected chi connectivity index (χ0v) is 13.5. The maximum absolute atomic E-state index is 11.8. The molecule has 126 valence electrons. The van der Waals surface area contributed by atoms with Crippen molar-refractivity contribution in [2.24, 2.45) is 11.8 Å². The zero-order valence-electron chi connectivity index (χ0n) is 13.5. The number of hydrogen-bond donors (Lipinski definition) is 2. The molecule has 1 aromatic carbocycles. The van der Waals surface area contributed by atoms with Gasteiger partial charge in [0.15, 0.2) is 0 Å². The first-order valence-corrected chi connectivity index (χ1v) is 8.25. The molecule has 0 spiro atoms. The van der Waals surface area contributed by atoms with Gasteiger partial charge in [-0.3, -0.25) is 4.79 Å². The number of alkyl carbamates (subject to hydrolysis) is 1. The van der Waals surface area contributed by atoms with Crippen molar-refractivity contribution >= 4 is 12.1 Å². The number of amides is 1. The highest BCUT2D eigenvalue weighted by molar-refractivity contribution is 5.70. The molecule has 1 unspecified atom stereocenters. The second-order valence-electron chi connectivity index (χ2n) is 6.34. The first-order chi connectivity index (χ1) is 11.0. The van der Waals surface area contributed by atoms with Gasteiger partial charge in [-0.15, -0.1) is 0 Å².